The molecule has 6 nitrogen and oxygen atoms in total. The molecule has 78 valence electrons. The zero-order chi connectivity index (χ0) is 10.1. The van der Waals surface area contributed by atoms with Crippen LogP contribution in [0.15, 0.2) is 0 Å². The summed E-state index contributed by atoms with van der Waals surface area (Å²) in [6.45, 7) is -1.21. The van der Waals surface area contributed by atoms with Crippen LogP contribution in [-0.4, -0.2) is 62.8 Å². The van der Waals surface area contributed by atoms with Crippen molar-refractivity contribution in [2.24, 2.45) is 0 Å². The van der Waals surface area contributed by atoms with Crippen LogP contribution >= 0.6 is 0 Å². The first-order chi connectivity index (χ1) is 6.03. The molecule has 0 saturated carbocycles. The van der Waals surface area contributed by atoms with Gasteiger partial charge in [0.05, 0.1) is 25.4 Å². The molecule has 0 spiro atoms. The Bertz CT molecular complexity index is 174. The molecule has 0 aliphatic carbocycles. The van der Waals surface area contributed by atoms with E-state index < -0.39 is 30.7 Å². The van der Waals surface area contributed by atoms with Crippen LogP contribution in [0.25, 0.3) is 0 Å². The van der Waals surface area contributed by atoms with Crippen LogP contribution < -0.4 is 0 Å². The van der Waals surface area contributed by atoms with Crippen molar-refractivity contribution in [2.45, 2.75) is 30.5 Å². The van der Waals surface area contributed by atoms with Gasteiger partial charge < -0.3 is 30.3 Å². The molecule has 1 heterocycles. The van der Waals surface area contributed by atoms with Crippen LogP contribution in [0, 0.1) is 0 Å². The third kappa shape index (κ3) is 1.98. The molecule has 0 aromatic heterocycles. The maximum absolute atomic E-state index is 9.43. The standard InChI is InChI=1S/C7H14O6/c8-2-4-1-5(10)6(11)7(12,3-9)13-4/h4-6,8-12H,1-3H2/t4-,5+,6-,7-/m0/s1. The monoisotopic (exact) mass is 194 g/mol. The van der Waals surface area contributed by atoms with Gasteiger partial charge in [-0.1, -0.05) is 0 Å². The van der Waals surface area contributed by atoms with E-state index in [-0.39, 0.29) is 13.0 Å². The number of aliphatic hydroxyl groups excluding tert-OH is 4. The van der Waals surface area contributed by atoms with E-state index in [9.17, 15) is 15.3 Å². The first-order valence-corrected chi connectivity index (χ1v) is 4.01. The minimum absolute atomic E-state index is 0.0278. The summed E-state index contributed by atoms with van der Waals surface area (Å²) < 4.78 is 4.80. The quantitative estimate of drug-likeness (QED) is 0.324. The average molecular weight is 194 g/mol. The van der Waals surface area contributed by atoms with Gasteiger partial charge in [0.1, 0.15) is 6.10 Å². The number of aliphatic hydroxyl groups is 5. The number of hydrogen-bond acceptors (Lipinski definition) is 6. The molecule has 1 rings (SSSR count). The smallest absolute Gasteiger partial charge is 0.218 e. The van der Waals surface area contributed by atoms with Gasteiger partial charge in [0, 0.05) is 6.42 Å². The van der Waals surface area contributed by atoms with Gasteiger partial charge in [-0.25, -0.2) is 0 Å². The summed E-state index contributed by atoms with van der Waals surface area (Å²) in [4.78, 5) is 0. The lowest BCUT2D eigenvalue weighted by atomic mass is 9.96. The lowest BCUT2D eigenvalue weighted by Gasteiger charge is -2.41. The summed E-state index contributed by atoms with van der Waals surface area (Å²) in [6, 6.07) is 0. The highest BCUT2D eigenvalue weighted by atomic mass is 16.7. The maximum Gasteiger partial charge on any atom is 0.218 e. The van der Waals surface area contributed by atoms with Crippen molar-refractivity contribution in [3.05, 3.63) is 0 Å². The molecular weight excluding hydrogens is 180 g/mol. The van der Waals surface area contributed by atoms with Crippen molar-refractivity contribution in [3.8, 4) is 0 Å². The largest absolute Gasteiger partial charge is 0.394 e. The summed E-state index contributed by atoms with van der Waals surface area (Å²) in [7, 11) is 0. The first-order valence-electron chi connectivity index (χ1n) is 4.01. The topological polar surface area (TPSA) is 110 Å². The summed E-state index contributed by atoms with van der Waals surface area (Å²) in [5, 5.41) is 45.3. The Morgan fingerprint density at radius 3 is 2.38 bits per heavy atom. The average Bonchev–Trinajstić information content (AvgIpc) is 2.13. The highest BCUT2D eigenvalue weighted by molar-refractivity contribution is 4.89. The zero-order valence-electron chi connectivity index (χ0n) is 7.00. The lowest BCUT2D eigenvalue weighted by molar-refractivity contribution is -0.335. The molecular formula is C7H14O6. The Kier molecular flexibility index (Phi) is 3.23. The van der Waals surface area contributed by atoms with Gasteiger partial charge in [0.25, 0.3) is 0 Å². The number of hydrogen-bond donors (Lipinski definition) is 5. The van der Waals surface area contributed by atoms with E-state index >= 15 is 0 Å². The zero-order valence-corrected chi connectivity index (χ0v) is 7.00. The van der Waals surface area contributed by atoms with Gasteiger partial charge in [0.15, 0.2) is 0 Å². The maximum atomic E-state index is 9.43. The molecule has 4 atom stereocenters. The summed E-state index contributed by atoms with van der Waals surface area (Å²) >= 11 is 0. The third-order valence-corrected chi connectivity index (χ3v) is 2.13. The molecule has 1 fully saturated rings. The van der Waals surface area contributed by atoms with Crippen LogP contribution in [0.5, 0.6) is 0 Å². The van der Waals surface area contributed by atoms with Crippen molar-refractivity contribution in [3.63, 3.8) is 0 Å². The Labute approximate surface area is 75.0 Å². The Morgan fingerprint density at radius 1 is 1.31 bits per heavy atom. The molecule has 1 aliphatic rings. The molecule has 0 aromatic carbocycles. The van der Waals surface area contributed by atoms with Crippen molar-refractivity contribution >= 4 is 0 Å². The Hall–Kier alpha value is -0.240. The van der Waals surface area contributed by atoms with E-state index in [0.717, 1.165) is 0 Å². The molecule has 6 heteroatoms. The van der Waals surface area contributed by atoms with Gasteiger partial charge in [0.2, 0.25) is 5.79 Å². The van der Waals surface area contributed by atoms with E-state index in [1.54, 1.807) is 0 Å². The molecule has 0 radical (unpaired) electrons. The minimum Gasteiger partial charge on any atom is -0.394 e. The molecule has 1 aliphatic heterocycles. The van der Waals surface area contributed by atoms with E-state index in [0.29, 0.717) is 0 Å². The van der Waals surface area contributed by atoms with Gasteiger partial charge in [-0.15, -0.1) is 0 Å². The van der Waals surface area contributed by atoms with Crippen molar-refractivity contribution in [1.82, 2.24) is 0 Å². The van der Waals surface area contributed by atoms with E-state index in [2.05, 4.69) is 0 Å². The van der Waals surface area contributed by atoms with Crippen molar-refractivity contribution in [1.29, 1.82) is 0 Å². The van der Waals surface area contributed by atoms with Gasteiger partial charge in [-0.2, -0.15) is 0 Å². The van der Waals surface area contributed by atoms with Crippen LogP contribution in [0.3, 0.4) is 0 Å². The van der Waals surface area contributed by atoms with Crippen LogP contribution in [0.4, 0.5) is 0 Å². The molecule has 1 saturated heterocycles. The van der Waals surface area contributed by atoms with E-state index in [4.69, 9.17) is 14.9 Å². The highest BCUT2D eigenvalue weighted by Gasteiger charge is 2.47. The van der Waals surface area contributed by atoms with E-state index in [1.807, 2.05) is 0 Å². The summed E-state index contributed by atoms with van der Waals surface area (Å²) in [5.74, 6) is -2.18. The van der Waals surface area contributed by atoms with Crippen LogP contribution in [0.2, 0.25) is 0 Å². The number of rotatable bonds is 2. The predicted molar refractivity (Wildman–Crippen MR) is 40.6 cm³/mol. The molecule has 0 bridgehead atoms. The molecule has 0 amide bonds. The summed E-state index contributed by atoms with van der Waals surface area (Å²) in [5.41, 5.74) is 0. The highest BCUT2D eigenvalue weighted by Crippen LogP contribution is 2.26. The molecule has 13 heavy (non-hydrogen) atoms. The van der Waals surface area contributed by atoms with Gasteiger partial charge >= 0.3 is 0 Å². The number of ether oxygens (including phenoxy) is 1. The second-order valence-electron chi connectivity index (χ2n) is 3.17. The predicted octanol–water partition coefficient (Wildman–Crippen LogP) is -2.83. The molecule has 0 aromatic rings. The van der Waals surface area contributed by atoms with Crippen LogP contribution in [0.1, 0.15) is 6.42 Å². The first kappa shape index (κ1) is 10.8. The van der Waals surface area contributed by atoms with Gasteiger partial charge in [-0.05, 0) is 0 Å². The van der Waals surface area contributed by atoms with Crippen molar-refractivity contribution in [2.75, 3.05) is 13.2 Å². The SMILES string of the molecule is OC[C@@H]1C[C@@H](O)[C@H](O)[C@](O)(CO)O1. The van der Waals surface area contributed by atoms with Gasteiger partial charge in [-0.3, -0.25) is 0 Å². The molecule has 5 N–H and O–H groups in total. The van der Waals surface area contributed by atoms with E-state index in [1.165, 1.54) is 0 Å². The lowest BCUT2D eigenvalue weighted by Crippen LogP contribution is -2.60. The summed E-state index contributed by atoms with van der Waals surface area (Å²) in [6.07, 6.45) is -3.50. The van der Waals surface area contributed by atoms with Crippen molar-refractivity contribution < 1.29 is 30.3 Å². The van der Waals surface area contributed by atoms with Crippen LogP contribution in [-0.2, 0) is 4.74 Å². The normalized spacial score (nSPS) is 46.4. The fraction of sp³-hybridized carbons (Fsp3) is 1.00. The second kappa shape index (κ2) is 3.87. The second-order valence-corrected chi connectivity index (χ2v) is 3.17. The Balaban J connectivity index is 2.71. The fourth-order valence-corrected chi connectivity index (χ4v) is 1.35. The third-order valence-electron chi connectivity index (χ3n) is 2.13. The Morgan fingerprint density at radius 2 is 1.92 bits per heavy atom. The minimum atomic E-state index is -2.18. The molecule has 0 unspecified atom stereocenters. The fourth-order valence-electron chi connectivity index (χ4n) is 1.35.